The van der Waals surface area contributed by atoms with Crippen molar-refractivity contribution in [1.29, 1.82) is 0 Å². The van der Waals surface area contributed by atoms with Gasteiger partial charge in [-0.25, -0.2) is 0 Å². The van der Waals surface area contributed by atoms with Crippen molar-refractivity contribution < 1.29 is 4.92 Å². The van der Waals surface area contributed by atoms with Crippen molar-refractivity contribution >= 4 is 0 Å². The molecule has 0 unspecified atom stereocenters. The molecular formula is C4H8N2O3. The van der Waals surface area contributed by atoms with Crippen LogP contribution in [-0.4, -0.2) is 17.0 Å². The first kappa shape index (κ1) is 8.00. The molecule has 0 aromatic carbocycles. The third-order valence-electron chi connectivity index (χ3n) is 0.946. The summed E-state index contributed by atoms with van der Waals surface area (Å²) in [6.45, 7) is 2.43. The molecule has 0 bridgehead atoms. The molecule has 0 aromatic heterocycles. The van der Waals surface area contributed by atoms with Crippen LogP contribution in [0.1, 0.15) is 13.8 Å². The minimum atomic E-state index is -1.21. The topological polar surface area (TPSA) is 72.6 Å². The van der Waals surface area contributed by atoms with Crippen LogP contribution in [0.4, 0.5) is 0 Å². The van der Waals surface area contributed by atoms with E-state index in [1.54, 1.807) is 0 Å². The zero-order valence-corrected chi connectivity index (χ0v) is 5.33. The summed E-state index contributed by atoms with van der Waals surface area (Å²) in [5.41, 5.74) is -1.21. The van der Waals surface area contributed by atoms with Crippen LogP contribution in [0.25, 0.3) is 0 Å². The van der Waals surface area contributed by atoms with E-state index in [4.69, 9.17) is 0 Å². The largest absolute Gasteiger partial charge is 0.264 e. The van der Waals surface area contributed by atoms with E-state index in [9.17, 15) is 15.0 Å². The quantitative estimate of drug-likeness (QED) is 0.324. The standard InChI is InChI=1S/C4H8N2O3/c1-4(2,3-5-7)6(8)9/h3H2,1-2H3. The average Bonchev–Trinajstić information content (AvgIpc) is 1.65. The molecule has 5 heteroatoms. The van der Waals surface area contributed by atoms with Crippen LogP contribution in [0.2, 0.25) is 0 Å². The van der Waals surface area contributed by atoms with Gasteiger partial charge >= 0.3 is 0 Å². The predicted molar refractivity (Wildman–Crippen MR) is 31.7 cm³/mol. The summed E-state index contributed by atoms with van der Waals surface area (Å²) in [7, 11) is 0. The average molecular weight is 132 g/mol. The molecule has 52 valence electrons. The van der Waals surface area contributed by atoms with Crippen molar-refractivity contribution in [2.75, 3.05) is 6.54 Å². The maximum atomic E-state index is 10.0. The Labute approximate surface area is 52.2 Å². The van der Waals surface area contributed by atoms with Crippen LogP contribution in [0, 0.1) is 15.0 Å². The maximum absolute atomic E-state index is 10.0. The fourth-order valence-electron chi connectivity index (χ4n) is 0.216. The summed E-state index contributed by atoms with van der Waals surface area (Å²) in [5.74, 6) is 0. The van der Waals surface area contributed by atoms with Crippen molar-refractivity contribution in [3.8, 4) is 0 Å². The number of nitro groups is 1. The first-order chi connectivity index (χ1) is 4.00. The van der Waals surface area contributed by atoms with Gasteiger partial charge in [0.1, 0.15) is 0 Å². The second-order valence-corrected chi connectivity index (χ2v) is 2.36. The number of hydrogen-bond acceptors (Lipinski definition) is 4. The molecule has 0 heterocycles. The van der Waals surface area contributed by atoms with E-state index in [1.807, 2.05) is 0 Å². The first-order valence-corrected chi connectivity index (χ1v) is 2.44. The van der Waals surface area contributed by atoms with E-state index in [0.717, 1.165) is 0 Å². The number of nitrogens with zero attached hydrogens (tertiary/aromatic N) is 2. The molecule has 0 aliphatic carbocycles. The Morgan fingerprint density at radius 2 is 2.11 bits per heavy atom. The summed E-state index contributed by atoms with van der Waals surface area (Å²) in [6.07, 6.45) is 0. The van der Waals surface area contributed by atoms with Gasteiger partial charge in [0.25, 0.3) is 0 Å². The molecule has 0 saturated carbocycles. The molecule has 0 aliphatic rings. The van der Waals surface area contributed by atoms with Crippen molar-refractivity contribution in [1.82, 2.24) is 0 Å². The van der Waals surface area contributed by atoms with Gasteiger partial charge in [0.2, 0.25) is 5.54 Å². The Balaban J connectivity index is 4.00. The van der Waals surface area contributed by atoms with Gasteiger partial charge in [0, 0.05) is 18.8 Å². The highest BCUT2D eigenvalue weighted by atomic mass is 16.6. The Hall–Kier alpha value is -1.00. The summed E-state index contributed by atoms with van der Waals surface area (Å²) >= 11 is 0. The zero-order valence-electron chi connectivity index (χ0n) is 5.33. The normalized spacial score (nSPS) is 10.9. The van der Waals surface area contributed by atoms with Crippen molar-refractivity contribution in [2.45, 2.75) is 19.4 Å². The summed E-state index contributed by atoms with van der Waals surface area (Å²) in [4.78, 5) is 19.1. The molecule has 0 spiro atoms. The molecule has 0 fully saturated rings. The Bertz CT molecular complexity index is 132. The zero-order chi connectivity index (χ0) is 7.49. The van der Waals surface area contributed by atoms with Gasteiger partial charge in [0.05, 0.1) is 0 Å². The van der Waals surface area contributed by atoms with E-state index in [1.165, 1.54) is 13.8 Å². The molecule has 0 rings (SSSR count). The van der Waals surface area contributed by atoms with E-state index >= 15 is 0 Å². The smallest absolute Gasteiger partial charge is 0.239 e. The predicted octanol–water partition coefficient (Wildman–Crippen LogP) is 0.808. The molecule has 0 amide bonds. The number of nitroso groups, excluding NO2 is 1. The monoisotopic (exact) mass is 132 g/mol. The molecule has 0 saturated heterocycles. The SMILES string of the molecule is CC(C)(CN=O)[N+](=O)[O-]. The van der Waals surface area contributed by atoms with Crippen LogP contribution in [-0.2, 0) is 0 Å². The number of rotatable bonds is 3. The fourth-order valence-corrected chi connectivity index (χ4v) is 0.216. The van der Waals surface area contributed by atoms with E-state index in [0.29, 0.717) is 0 Å². The molecule has 0 radical (unpaired) electrons. The fraction of sp³-hybridized carbons (Fsp3) is 1.00. The Kier molecular flexibility index (Phi) is 2.24. The van der Waals surface area contributed by atoms with Gasteiger partial charge in [-0.1, -0.05) is 5.18 Å². The van der Waals surface area contributed by atoms with Crippen LogP contribution in [0.3, 0.4) is 0 Å². The van der Waals surface area contributed by atoms with Gasteiger partial charge < -0.3 is 0 Å². The minimum Gasteiger partial charge on any atom is -0.264 e. The molecule has 0 aromatic rings. The Morgan fingerprint density at radius 1 is 1.67 bits per heavy atom. The van der Waals surface area contributed by atoms with Crippen molar-refractivity contribution in [3.63, 3.8) is 0 Å². The van der Waals surface area contributed by atoms with Crippen molar-refractivity contribution in [2.24, 2.45) is 5.18 Å². The number of hydrogen-bond donors (Lipinski definition) is 0. The Morgan fingerprint density at radius 3 is 2.22 bits per heavy atom. The van der Waals surface area contributed by atoms with E-state index < -0.39 is 10.5 Å². The van der Waals surface area contributed by atoms with Gasteiger partial charge in [-0.2, -0.15) is 4.91 Å². The van der Waals surface area contributed by atoms with Gasteiger partial charge in [-0.3, -0.25) is 10.1 Å². The van der Waals surface area contributed by atoms with Gasteiger partial charge in [0.15, 0.2) is 6.54 Å². The molecular weight excluding hydrogens is 124 g/mol. The third kappa shape index (κ3) is 2.16. The van der Waals surface area contributed by atoms with E-state index in [2.05, 4.69) is 5.18 Å². The van der Waals surface area contributed by atoms with Gasteiger partial charge in [-0.05, 0) is 0 Å². The lowest BCUT2D eigenvalue weighted by Crippen LogP contribution is -2.33. The molecule has 0 aliphatic heterocycles. The molecule has 5 nitrogen and oxygen atoms in total. The van der Waals surface area contributed by atoms with Crippen LogP contribution >= 0.6 is 0 Å². The van der Waals surface area contributed by atoms with Crippen LogP contribution in [0.15, 0.2) is 5.18 Å². The van der Waals surface area contributed by atoms with E-state index in [-0.39, 0.29) is 6.54 Å². The summed E-state index contributed by atoms with van der Waals surface area (Å²) < 4.78 is 0. The highest BCUT2D eigenvalue weighted by molar-refractivity contribution is 4.68. The van der Waals surface area contributed by atoms with Crippen LogP contribution < -0.4 is 0 Å². The lowest BCUT2D eigenvalue weighted by Gasteiger charge is -2.09. The van der Waals surface area contributed by atoms with Crippen molar-refractivity contribution in [3.05, 3.63) is 15.0 Å². The lowest BCUT2D eigenvalue weighted by atomic mass is 10.1. The third-order valence-corrected chi connectivity index (χ3v) is 0.946. The second-order valence-electron chi connectivity index (χ2n) is 2.36. The minimum absolute atomic E-state index is 0.278. The lowest BCUT2D eigenvalue weighted by molar-refractivity contribution is -0.556. The summed E-state index contributed by atoms with van der Waals surface area (Å²) in [6, 6.07) is 0. The molecule has 9 heavy (non-hydrogen) atoms. The molecule has 0 N–H and O–H groups in total. The summed E-state index contributed by atoms with van der Waals surface area (Å²) in [5, 5.41) is 12.5. The molecule has 0 atom stereocenters. The maximum Gasteiger partial charge on any atom is 0.239 e. The highest BCUT2D eigenvalue weighted by Crippen LogP contribution is 2.06. The highest BCUT2D eigenvalue weighted by Gasteiger charge is 2.30. The first-order valence-electron chi connectivity index (χ1n) is 2.44. The second kappa shape index (κ2) is 2.52. The van der Waals surface area contributed by atoms with Gasteiger partial charge in [-0.15, -0.1) is 0 Å². The van der Waals surface area contributed by atoms with Crippen LogP contribution in [0.5, 0.6) is 0 Å².